The van der Waals surface area contributed by atoms with Crippen LogP contribution in [0.25, 0.3) is 0 Å². The number of carboxylic acid groups (broad SMARTS) is 1. The Balaban J connectivity index is 2.63. The van der Waals surface area contributed by atoms with E-state index in [2.05, 4.69) is 4.98 Å². The maximum Gasteiger partial charge on any atom is 0.308 e. The normalized spacial score (nSPS) is 13.4. The van der Waals surface area contributed by atoms with E-state index in [-0.39, 0.29) is 6.41 Å². The van der Waals surface area contributed by atoms with Gasteiger partial charge in [-0.2, -0.15) is 0 Å². The van der Waals surface area contributed by atoms with Crippen LogP contribution in [0.2, 0.25) is 0 Å². The molecule has 0 bridgehead atoms. The Morgan fingerprint density at radius 2 is 2.19 bits per heavy atom. The summed E-state index contributed by atoms with van der Waals surface area (Å²) in [5.74, 6) is -1.76. The summed E-state index contributed by atoms with van der Waals surface area (Å²) >= 11 is 0. The molecule has 1 aromatic rings. The van der Waals surface area contributed by atoms with Crippen LogP contribution in [0.1, 0.15) is 38.3 Å². The molecule has 1 aromatic heterocycles. The van der Waals surface area contributed by atoms with Crippen molar-refractivity contribution in [3.8, 4) is 0 Å². The molecule has 21 heavy (non-hydrogen) atoms. The zero-order valence-electron chi connectivity index (χ0n) is 12.2. The summed E-state index contributed by atoms with van der Waals surface area (Å²) in [6.07, 6.45) is 4.83. The van der Waals surface area contributed by atoms with E-state index in [1.165, 1.54) is 0 Å². The molecular formula is C15H22N2O4. The lowest BCUT2D eigenvalue weighted by atomic mass is 9.90. The van der Waals surface area contributed by atoms with E-state index in [1.54, 1.807) is 6.20 Å². The molecule has 116 valence electrons. The molecule has 0 aliphatic rings. The fraction of sp³-hybridized carbons (Fsp3) is 0.533. The molecule has 0 aliphatic heterocycles. The number of aliphatic carboxylic acids is 1. The van der Waals surface area contributed by atoms with Crippen LogP contribution in [0.4, 0.5) is 0 Å². The van der Waals surface area contributed by atoms with Crippen molar-refractivity contribution < 1.29 is 19.9 Å². The number of pyridine rings is 1. The van der Waals surface area contributed by atoms with Crippen LogP contribution in [-0.2, 0) is 16.0 Å². The number of hydroxylamine groups is 2. The SMILES string of the molecule is CCCC(C(CCCc1ccccn1)C(=O)O)N(O)C=O. The highest BCUT2D eigenvalue weighted by molar-refractivity contribution is 5.71. The minimum Gasteiger partial charge on any atom is -0.481 e. The van der Waals surface area contributed by atoms with Crippen molar-refractivity contribution in [1.82, 2.24) is 10.0 Å². The standard InChI is InChI=1S/C15H22N2O4/c1-2-6-14(17(21)11-18)13(15(19)20)9-5-8-12-7-3-4-10-16-12/h3-4,7,10-11,13-14,21H,2,5-6,8-9H2,1H3,(H,19,20). The lowest BCUT2D eigenvalue weighted by Gasteiger charge is -2.27. The fourth-order valence-corrected chi connectivity index (χ4v) is 2.42. The second-order valence-corrected chi connectivity index (χ2v) is 5.00. The van der Waals surface area contributed by atoms with Gasteiger partial charge in [0, 0.05) is 11.9 Å². The zero-order valence-corrected chi connectivity index (χ0v) is 12.2. The molecule has 1 heterocycles. The third-order valence-corrected chi connectivity index (χ3v) is 3.49. The number of rotatable bonds is 10. The van der Waals surface area contributed by atoms with E-state index in [4.69, 9.17) is 0 Å². The molecule has 0 radical (unpaired) electrons. The maximum atomic E-state index is 11.4. The van der Waals surface area contributed by atoms with Gasteiger partial charge in [0.25, 0.3) is 0 Å². The first-order chi connectivity index (χ1) is 10.1. The second-order valence-electron chi connectivity index (χ2n) is 5.00. The Labute approximate surface area is 124 Å². The number of nitrogens with zero attached hydrogens (tertiary/aromatic N) is 2. The zero-order chi connectivity index (χ0) is 15.7. The van der Waals surface area contributed by atoms with Gasteiger partial charge >= 0.3 is 5.97 Å². The first kappa shape index (κ1) is 17.1. The van der Waals surface area contributed by atoms with Gasteiger partial charge in [-0.25, -0.2) is 5.06 Å². The van der Waals surface area contributed by atoms with E-state index in [0.717, 1.165) is 5.69 Å². The molecule has 0 saturated carbocycles. The third-order valence-electron chi connectivity index (χ3n) is 3.49. The van der Waals surface area contributed by atoms with Gasteiger partial charge in [0.2, 0.25) is 6.41 Å². The third kappa shape index (κ3) is 5.51. The van der Waals surface area contributed by atoms with Crippen LogP contribution in [-0.4, -0.2) is 38.8 Å². The quantitative estimate of drug-likeness (QED) is 0.392. The number of hydrogen-bond donors (Lipinski definition) is 2. The van der Waals surface area contributed by atoms with Crippen LogP contribution in [0, 0.1) is 5.92 Å². The summed E-state index contributed by atoms with van der Waals surface area (Å²) in [7, 11) is 0. The summed E-state index contributed by atoms with van der Waals surface area (Å²) < 4.78 is 0. The topological polar surface area (TPSA) is 90.7 Å². The molecular weight excluding hydrogens is 272 g/mol. The van der Waals surface area contributed by atoms with Gasteiger partial charge in [-0.05, 0) is 37.8 Å². The Morgan fingerprint density at radius 3 is 2.71 bits per heavy atom. The number of aromatic nitrogens is 1. The Hall–Kier alpha value is -1.95. The van der Waals surface area contributed by atoms with Gasteiger partial charge in [-0.3, -0.25) is 19.8 Å². The molecule has 6 nitrogen and oxygen atoms in total. The van der Waals surface area contributed by atoms with Crippen molar-refractivity contribution in [3.63, 3.8) is 0 Å². The molecule has 0 aromatic carbocycles. The summed E-state index contributed by atoms with van der Waals surface area (Å²) in [5, 5.41) is 19.4. The molecule has 1 amide bonds. The number of hydrogen-bond acceptors (Lipinski definition) is 4. The average Bonchev–Trinajstić information content (AvgIpc) is 2.50. The molecule has 0 fully saturated rings. The highest BCUT2D eigenvalue weighted by Crippen LogP contribution is 2.21. The number of carbonyl (C=O) groups is 2. The molecule has 2 N–H and O–H groups in total. The molecule has 0 spiro atoms. The maximum absolute atomic E-state index is 11.4. The van der Waals surface area contributed by atoms with Crippen molar-refractivity contribution >= 4 is 12.4 Å². The minimum atomic E-state index is -0.990. The van der Waals surface area contributed by atoms with Gasteiger partial charge in [0.1, 0.15) is 0 Å². The van der Waals surface area contributed by atoms with Crippen LogP contribution >= 0.6 is 0 Å². The monoisotopic (exact) mass is 294 g/mol. The predicted octanol–water partition coefficient (Wildman–Crippen LogP) is 2.12. The van der Waals surface area contributed by atoms with Crippen molar-refractivity contribution in [2.24, 2.45) is 5.92 Å². The van der Waals surface area contributed by atoms with Crippen LogP contribution in [0.15, 0.2) is 24.4 Å². The predicted molar refractivity (Wildman–Crippen MR) is 76.7 cm³/mol. The van der Waals surface area contributed by atoms with E-state index in [1.807, 2.05) is 25.1 Å². The highest BCUT2D eigenvalue weighted by Gasteiger charge is 2.31. The number of amides is 1. The van der Waals surface area contributed by atoms with Gasteiger partial charge < -0.3 is 5.11 Å². The largest absolute Gasteiger partial charge is 0.481 e. The Kier molecular flexibility index (Phi) is 7.39. The van der Waals surface area contributed by atoms with Crippen LogP contribution < -0.4 is 0 Å². The van der Waals surface area contributed by atoms with Gasteiger partial charge in [-0.15, -0.1) is 0 Å². The smallest absolute Gasteiger partial charge is 0.308 e. The second kappa shape index (κ2) is 9.07. The summed E-state index contributed by atoms with van der Waals surface area (Å²) in [5.41, 5.74) is 0.907. The summed E-state index contributed by atoms with van der Waals surface area (Å²) in [6, 6.07) is 4.92. The first-order valence-electron chi connectivity index (χ1n) is 7.15. The van der Waals surface area contributed by atoms with Crippen molar-refractivity contribution in [2.45, 2.75) is 45.1 Å². The van der Waals surface area contributed by atoms with Gasteiger partial charge in [0.15, 0.2) is 0 Å². The molecule has 2 atom stereocenters. The minimum absolute atomic E-state index is 0.273. The van der Waals surface area contributed by atoms with E-state index < -0.39 is 17.9 Å². The van der Waals surface area contributed by atoms with E-state index in [9.17, 15) is 19.9 Å². The van der Waals surface area contributed by atoms with Crippen LogP contribution in [0.5, 0.6) is 0 Å². The number of carboxylic acids is 1. The van der Waals surface area contributed by atoms with Gasteiger partial charge in [-0.1, -0.05) is 19.4 Å². The van der Waals surface area contributed by atoms with Crippen molar-refractivity contribution in [3.05, 3.63) is 30.1 Å². The van der Waals surface area contributed by atoms with Gasteiger partial charge in [0.05, 0.1) is 12.0 Å². The Bertz CT molecular complexity index is 439. The summed E-state index contributed by atoms with van der Waals surface area (Å²) in [6.45, 7) is 1.89. The molecule has 2 unspecified atom stereocenters. The molecule has 0 saturated heterocycles. The Morgan fingerprint density at radius 1 is 1.43 bits per heavy atom. The van der Waals surface area contributed by atoms with E-state index in [0.29, 0.717) is 37.2 Å². The lowest BCUT2D eigenvalue weighted by molar-refractivity contribution is -0.173. The van der Waals surface area contributed by atoms with Crippen molar-refractivity contribution in [1.29, 1.82) is 0 Å². The number of aryl methyl sites for hydroxylation is 1. The highest BCUT2D eigenvalue weighted by atomic mass is 16.5. The summed E-state index contributed by atoms with van der Waals surface area (Å²) in [4.78, 5) is 26.3. The van der Waals surface area contributed by atoms with Crippen molar-refractivity contribution in [2.75, 3.05) is 0 Å². The first-order valence-corrected chi connectivity index (χ1v) is 7.15. The average molecular weight is 294 g/mol. The van der Waals surface area contributed by atoms with E-state index >= 15 is 0 Å². The molecule has 1 rings (SSSR count). The number of carbonyl (C=O) groups excluding carboxylic acids is 1. The molecule has 6 heteroatoms. The van der Waals surface area contributed by atoms with Crippen LogP contribution in [0.3, 0.4) is 0 Å². The molecule has 0 aliphatic carbocycles. The fourth-order valence-electron chi connectivity index (χ4n) is 2.42. The lowest BCUT2D eigenvalue weighted by Crippen LogP contribution is -2.41.